The number of hydrogen-bond donors (Lipinski definition) is 0. The van der Waals surface area contributed by atoms with E-state index in [-0.39, 0.29) is 5.82 Å². The molecule has 0 saturated heterocycles. The van der Waals surface area contributed by atoms with Gasteiger partial charge in [0.05, 0.1) is 0 Å². The van der Waals surface area contributed by atoms with Gasteiger partial charge < -0.3 is 4.90 Å². The van der Waals surface area contributed by atoms with Crippen LogP contribution in [0.5, 0.6) is 0 Å². The molecule has 1 rings (SSSR count). The maximum Gasteiger partial charge on any atom is 0.125 e. The molecule has 1 unspecified atom stereocenters. The van der Waals surface area contributed by atoms with E-state index in [1.807, 2.05) is 6.07 Å². The average molecular weight is 230 g/mol. The molecular weight excluding hydrogens is 213 g/mol. The summed E-state index contributed by atoms with van der Waals surface area (Å²) in [4.78, 5) is 2.14. The van der Waals surface area contributed by atoms with Crippen molar-refractivity contribution in [3.63, 3.8) is 0 Å². The van der Waals surface area contributed by atoms with E-state index in [0.717, 1.165) is 18.8 Å². The lowest BCUT2D eigenvalue weighted by molar-refractivity contribution is 0.612. The van der Waals surface area contributed by atoms with Crippen molar-refractivity contribution >= 4 is 17.3 Å². The molecule has 0 fully saturated rings. The molecule has 0 aliphatic carbocycles. The molecule has 0 aliphatic heterocycles. The van der Waals surface area contributed by atoms with Crippen LogP contribution in [0.25, 0.3) is 0 Å². The molecule has 0 N–H and O–H groups in total. The van der Waals surface area contributed by atoms with Crippen LogP contribution in [-0.2, 0) is 0 Å². The fourth-order valence-electron chi connectivity index (χ4n) is 1.51. The molecule has 0 radical (unpaired) electrons. The van der Waals surface area contributed by atoms with Crippen LogP contribution in [0, 0.1) is 11.7 Å². The standard InChI is InChI=1S/C12H17ClFN/c1-3-15(9-10(2)8-13)12-6-4-5-11(14)7-12/h4-7,10H,3,8-9H2,1-2H3. The number of rotatable bonds is 5. The maximum absolute atomic E-state index is 13.0. The zero-order valence-corrected chi connectivity index (χ0v) is 9.97. The van der Waals surface area contributed by atoms with Gasteiger partial charge >= 0.3 is 0 Å². The summed E-state index contributed by atoms with van der Waals surface area (Å²) in [7, 11) is 0. The van der Waals surface area contributed by atoms with E-state index in [4.69, 9.17) is 11.6 Å². The first-order chi connectivity index (χ1) is 7.17. The Balaban J connectivity index is 2.73. The topological polar surface area (TPSA) is 3.24 Å². The molecule has 0 aliphatic rings. The molecule has 0 spiro atoms. The van der Waals surface area contributed by atoms with Gasteiger partial charge in [0.15, 0.2) is 0 Å². The molecule has 1 aromatic carbocycles. The Morgan fingerprint density at radius 1 is 1.47 bits per heavy atom. The second-order valence-electron chi connectivity index (χ2n) is 3.78. The number of benzene rings is 1. The molecule has 1 aromatic rings. The minimum Gasteiger partial charge on any atom is -0.371 e. The van der Waals surface area contributed by atoms with Crippen LogP contribution in [0.4, 0.5) is 10.1 Å². The summed E-state index contributed by atoms with van der Waals surface area (Å²) in [5, 5.41) is 0. The molecule has 0 amide bonds. The van der Waals surface area contributed by atoms with E-state index in [2.05, 4.69) is 18.7 Å². The highest BCUT2D eigenvalue weighted by atomic mass is 35.5. The molecule has 1 atom stereocenters. The first kappa shape index (κ1) is 12.3. The molecule has 0 saturated carbocycles. The Morgan fingerprint density at radius 2 is 2.20 bits per heavy atom. The van der Waals surface area contributed by atoms with Crippen molar-refractivity contribution in [3.8, 4) is 0 Å². The van der Waals surface area contributed by atoms with E-state index < -0.39 is 0 Å². The Labute approximate surface area is 95.8 Å². The largest absolute Gasteiger partial charge is 0.371 e. The van der Waals surface area contributed by atoms with Gasteiger partial charge in [-0.05, 0) is 31.0 Å². The van der Waals surface area contributed by atoms with E-state index in [1.54, 1.807) is 12.1 Å². The summed E-state index contributed by atoms with van der Waals surface area (Å²) in [6.45, 7) is 5.88. The van der Waals surface area contributed by atoms with Crippen molar-refractivity contribution in [2.45, 2.75) is 13.8 Å². The zero-order chi connectivity index (χ0) is 11.3. The van der Waals surface area contributed by atoms with E-state index in [0.29, 0.717) is 11.8 Å². The van der Waals surface area contributed by atoms with Gasteiger partial charge in [-0.25, -0.2) is 4.39 Å². The van der Waals surface area contributed by atoms with Gasteiger partial charge in [-0.1, -0.05) is 13.0 Å². The van der Waals surface area contributed by atoms with Crippen molar-refractivity contribution in [2.24, 2.45) is 5.92 Å². The molecule has 15 heavy (non-hydrogen) atoms. The SMILES string of the molecule is CCN(CC(C)CCl)c1cccc(F)c1. The van der Waals surface area contributed by atoms with E-state index in [1.165, 1.54) is 6.07 Å². The number of anilines is 1. The predicted octanol–water partition coefficient (Wildman–Crippen LogP) is 3.53. The summed E-state index contributed by atoms with van der Waals surface area (Å²) in [5.74, 6) is 0.852. The van der Waals surface area contributed by atoms with Crippen LogP contribution in [0.2, 0.25) is 0 Å². The summed E-state index contributed by atoms with van der Waals surface area (Å²) >= 11 is 5.77. The number of alkyl halides is 1. The van der Waals surface area contributed by atoms with Gasteiger partial charge in [0.1, 0.15) is 5.82 Å². The summed E-state index contributed by atoms with van der Waals surface area (Å²) in [5.41, 5.74) is 0.925. The van der Waals surface area contributed by atoms with Crippen molar-refractivity contribution < 1.29 is 4.39 Å². The lowest BCUT2D eigenvalue weighted by Gasteiger charge is -2.25. The number of hydrogen-bond acceptors (Lipinski definition) is 1. The van der Waals surface area contributed by atoms with Gasteiger partial charge in [0.25, 0.3) is 0 Å². The second kappa shape index (κ2) is 5.96. The zero-order valence-electron chi connectivity index (χ0n) is 9.21. The Kier molecular flexibility index (Phi) is 4.89. The predicted molar refractivity (Wildman–Crippen MR) is 64.2 cm³/mol. The second-order valence-corrected chi connectivity index (χ2v) is 4.09. The third-order valence-corrected chi connectivity index (χ3v) is 2.88. The van der Waals surface area contributed by atoms with Crippen LogP contribution >= 0.6 is 11.6 Å². The van der Waals surface area contributed by atoms with Crippen molar-refractivity contribution in [3.05, 3.63) is 30.1 Å². The Hall–Kier alpha value is -0.760. The van der Waals surface area contributed by atoms with Crippen LogP contribution in [0.3, 0.4) is 0 Å². The van der Waals surface area contributed by atoms with Crippen LogP contribution in [-0.4, -0.2) is 19.0 Å². The monoisotopic (exact) mass is 229 g/mol. The summed E-state index contributed by atoms with van der Waals surface area (Å²) in [6, 6.07) is 6.68. The number of nitrogens with zero attached hydrogens (tertiary/aromatic N) is 1. The summed E-state index contributed by atoms with van der Waals surface area (Å²) < 4.78 is 13.0. The van der Waals surface area contributed by atoms with Crippen LogP contribution in [0.15, 0.2) is 24.3 Å². The highest BCUT2D eigenvalue weighted by Gasteiger charge is 2.09. The molecule has 0 bridgehead atoms. The quantitative estimate of drug-likeness (QED) is 0.699. The van der Waals surface area contributed by atoms with Crippen LogP contribution < -0.4 is 4.90 Å². The minimum atomic E-state index is -0.190. The Bertz CT molecular complexity index is 303. The molecule has 0 heterocycles. The molecule has 3 heteroatoms. The van der Waals surface area contributed by atoms with Gasteiger partial charge in [0.2, 0.25) is 0 Å². The highest BCUT2D eigenvalue weighted by molar-refractivity contribution is 6.18. The van der Waals surface area contributed by atoms with Crippen molar-refractivity contribution in [1.29, 1.82) is 0 Å². The molecular formula is C12H17ClFN. The smallest absolute Gasteiger partial charge is 0.125 e. The molecule has 0 aromatic heterocycles. The first-order valence-corrected chi connectivity index (χ1v) is 5.77. The third-order valence-electron chi connectivity index (χ3n) is 2.35. The van der Waals surface area contributed by atoms with Gasteiger partial charge in [0, 0.05) is 24.7 Å². The Morgan fingerprint density at radius 3 is 2.73 bits per heavy atom. The van der Waals surface area contributed by atoms with Gasteiger partial charge in [-0.15, -0.1) is 11.6 Å². The highest BCUT2D eigenvalue weighted by Crippen LogP contribution is 2.17. The average Bonchev–Trinajstić information content (AvgIpc) is 2.25. The third kappa shape index (κ3) is 3.71. The molecule has 84 valence electrons. The van der Waals surface area contributed by atoms with Crippen molar-refractivity contribution in [1.82, 2.24) is 0 Å². The van der Waals surface area contributed by atoms with Gasteiger partial charge in [-0.3, -0.25) is 0 Å². The molecule has 1 nitrogen and oxygen atoms in total. The van der Waals surface area contributed by atoms with Gasteiger partial charge in [-0.2, -0.15) is 0 Å². The fourth-order valence-corrected chi connectivity index (χ4v) is 1.61. The minimum absolute atomic E-state index is 0.190. The lowest BCUT2D eigenvalue weighted by atomic mass is 10.2. The lowest BCUT2D eigenvalue weighted by Crippen LogP contribution is -2.28. The first-order valence-electron chi connectivity index (χ1n) is 5.23. The van der Waals surface area contributed by atoms with Crippen LogP contribution in [0.1, 0.15) is 13.8 Å². The summed E-state index contributed by atoms with van der Waals surface area (Å²) in [6.07, 6.45) is 0. The maximum atomic E-state index is 13.0. The van der Waals surface area contributed by atoms with Crippen molar-refractivity contribution in [2.75, 3.05) is 23.9 Å². The van der Waals surface area contributed by atoms with E-state index in [9.17, 15) is 4.39 Å². The number of halogens is 2. The fraction of sp³-hybridized carbons (Fsp3) is 0.500. The van der Waals surface area contributed by atoms with E-state index >= 15 is 0 Å². The normalized spacial score (nSPS) is 12.5.